The molecule has 0 aliphatic rings. The van der Waals surface area contributed by atoms with Crippen LogP contribution in [-0.2, 0) is 22.3 Å². The number of imidazole rings is 1. The van der Waals surface area contributed by atoms with E-state index in [2.05, 4.69) is 14.8 Å². The molecule has 144 valence electrons. The number of aromatic nitrogens is 3. The van der Waals surface area contributed by atoms with Gasteiger partial charge in [0, 0.05) is 5.56 Å². The summed E-state index contributed by atoms with van der Waals surface area (Å²) in [5.41, 5.74) is 2.62. The van der Waals surface area contributed by atoms with Crippen LogP contribution < -0.4 is 4.72 Å². The smallest absolute Gasteiger partial charge is 0.216 e. The molecule has 1 N–H and O–H groups in total. The van der Waals surface area contributed by atoms with Crippen LogP contribution in [0.3, 0.4) is 0 Å². The first-order valence-corrected chi connectivity index (χ1v) is 11.0. The quantitative estimate of drug-likeness (QED) is 0.522. The Morgan fingerprint density at radius 1 is 1.14 bits per heavy atom. The van der Waals surface area contributed by atoms with E-state index in [1.54, 1.807) is 10.6 Å². The first kappa shape index (κ1) is 18.7. The van der Waals surface area contributed by atoms with Gasteiger partial charge in [0.1, 0.15) is 10.8 Å². The van der Waals surface area contributed by atoms with Gasteiger partial charge in [-0.2, -0.15) is 5.10 Å². The van der Waals surface area contributed by atoms with E-state index in [-0.39, 0.29) is 12.3 Å². The molecule has 2 aromatic carbocycles. The molecule has 0 aliphatic carbocycles. The van der Waals surface area contributed by atoms with Gasteiger partial charge in [-0.05, 0) is 24.6 Å². The van der Waals surface area contributed by atoms with Gasteiger partial charge in [-0.25, -0.2) is 27.0 Å². The summed E-state index contributed by atoms with van der Waals surface area (Å²) in [6, 6.07) is 15.1. The summed E-state index contributed by atoms with van der Waals surface area (Å²) in [6.07, 6.45) is 0. The predicted octanol–water partition coefficient (Wildman–Crippen LogP) is 3.52. The monoisotopic (exact) mass is 416 g/mol. The van der Waals surface area contributed by atoms with Crippen molar-refractivity contribution in [3.63, 3.8) is 0 Å². The Morgan fingerprint density at radius 2 is 1.93 bits per heavy atom. The highest BCUT2D eigenvalue weighted by molar-refractivity contribution is 7.88. The molecule has 28 heavy (non-hydrogen) atoms. The van der Waals surface area contributed by atoms with Crippen LogP contribution in [-0.4, -0.2) is 23.0 Å². The van der Waals surface area contributed by atoms with Gasteiger partial charge in [-0.3, -0.25) is 0 Å². The number of hydrogen-bond acceptors (Lipinski definition) is 5. The van der Waals surface area contributed by atoms with Crippen LogP contribution in [0.15, 0.2) is 54.6 Å². The van der Waals surface area contributed by atoms with Crippen molar-refractivity contribution in [2.45, 2.75) is 19.2 Å². The lowest BCUT2D eigenvalue weighted by atomic mass is 10.1. The standard InChI is InChI=1S/C19H17FN4O2S2/c1-13-23-24-17(18(22-19(24)27-13)15-7-3-2-4-8-15)11-21-28(25,26)12-14-6-5-9-16(20)10-14/h2-10,21H,11-12H2,1H3. The lowest BCUT2D eigenvalue weighted by Crippen LogP contribution is -2.25. The van der Waals surface area contributed by atoms with Crippen LogP contribution in [0.25, 0.3) is 16.2 Å². The summed E-state index contributed by atoms with van der Waals surface area (Å²) in [4.78, 5) is 5.34. The summed E-state index contributed by atoms with van der Waals surface area (Å²) in [5, 5.41) is 5.28. The van der Waals surface area contributed by atoms with Gasteiger partial charge in [0.15, 0.2) is 0 Å². The van der Waals surface area contributed by atoms with Crippen molar-refractivity contribution in [1.82, 2.24) is 19.3 Å². The van der Waals surface area contributed by atoms with Crippen LogP contribution in [0, 0.1) is 12.7 Å². The molecular weight excluding hydrogens is 399 g/mol. The van der Waals surface area contributed by atoms with Crippen molar-refractivity contribution in [3.8, 4) is 11.3 Å². The Kier molecular flexibility index (Phi) is 4.96. The number of rotatable bonds is 6. The lowest BCUT2D eigenvalue weighted by molar-refractivity contribution is 0.578. The third kappa shape index (κ3) is 3.96. The van der Waals surface area contributed by atoms with E-state index in [1.165, 1.54) is 29.5 Å². The maximum Gasteiger partial charge on any atom is 0.216 e. The fourth-order valence-electron chi connectivity index (χ4n) is 2.95. The minimum Gasteiger partial charge on any atom is -0.217 e. The molecule has 4 rings (SSSR count). The molecule has 0 atom stereocenters. The number of sulfonamides is 1. The molecule has 6 nitrogen and oxygen atoms in total. The normalized spacial score (nSPS) is 11.9. The zero-order valence-corrected chi connectivity index (χ0v) is 16.6. The highest BCUT2D eigenvalue weighted by atomic mass is 32.2. The van der Waals surface area contributed by atoms with E-state index in [0.717, 1.165) is 10.6 Å². The average Bonchev–Trinajstić information content (AvgIpc) is 3.16. The highest BCUT2D eigenvalue weighted by Gasteiger charge is 2.20. The van der Waals surface area contributed by atoms with E-state index in [0.29, 0.717) is 21.9 Å². The van der Waals surface area contributed by atoms with E-state index >= 15 is 0 Å². The maximum absolute atomic E-state index is 13.3. The Bertz CT molecular complexity index is 1230. The molecular formula is C19H17FN4O2S2. The number of benzene rings is 2. The second-order valence-corrected chi connectivity index (χ2v) is 9.27. The van der Waals surface area contributed by atoms with Crippen molar-refractivity contribution in [3.05, 3.63) is 76.7 Å². The first-order chi connectivity index (χ1) is 13.4. The molecule has 4 aromatic rings. The Balaban J connectivity index is 1.63. The molecule has 0 fully saturated rings. The summed E-state index contributed by atoms with van der Waals surface area (Å²) < 4.78 is 42.6. The molecule has 0 radical (unpaired) electrons. The number of halogens is 1. The topological polar surface area (TPSA) is 76.4 Å². The first-order valence-electron chi connectivity index (χ1n) is 8.53. The van der Waals surface area contributed by atoms with Crippen LogP contribution in [0.5, 0.6) is 0 Å². The number of fused-ring (bicyclic) bond motifs is 1. The van der Waals surface area contributed by atoms with Crippen molar-refractivity contribution in [2.24, 2.45) is 0 Å². The van der Waals surface area contributed by atoms with Crippen molar-refractivity contribution in [2.75, 3.05) is 0 Å². The highest BCUT2D eigenvalue weighted by Crippen LogP contribution is 2.27. The van der Waals surface area contributed by atoms with Gasteiger partial charge < -0.3 is 0 Å². The van der Waals surface area contributed by atoms with Crippen LogP contribution >= 0.6 is 11.3 Å². The van der Waals surface area contributed by atoms with E-state index in [1.807, 2.05) is 37.3 Å². The minimum absolute atomic E-state index is 0.0339. The predicted molar refractivity (Wildman–Crippen MR) is 107 cm³/mol. The molecule has 0 unspecified atom stereocenters. The molecule has 0 aliphatic heterocycles. The largest absolute Gasteiger partial charge is 0.217 e. The maximum atomic E-state index is 13.3. The fraction of sp³-hybridized carbons (Fsp3) is 0.158. The van der Waals surface area contributed by atoms with Gasteiger partial charge in [-0.1, -0.05) is 53.8 Å². The van der Waals surface area contributed by atoms with Crippen LogP contribution in [0.4, 0.5) is 4.39 Å². The second kappa shape index (κ2) is 7.42. The Labute approximate surface area is 165 Å². The van der Waals surface area contributed by atoms with Crippen molar-refractivity contribution < 1.29 is 12.8 Å². The number of nitrogens with one attached hydrogen (secondary N) is 1. The van der Waals surface area contributed by atoms with E-state index in [9.17, 15) is 12.8 Å². The van der Waals surface area contributed by atoms with Crippen LogP contribution in [0.1, 0.15) is 16.3 Å². The van der Waals surface area contributed by atoms with Gasteiger partial charge in [0.25, 0.3) is 0 Å². The second-order valence-electron chi connectivity index (χ2n) is 6.30. The van der Waals surface area contributed by atoms with Crippen molar-refractivity contribution >= 4 is 26.3 Å². The third-order valence-corrected chi connectivity index (χ3v) is 6.27. The summed E-state index contributed by atoms with van der Waals surface area (Å²) in [7, 11) is -3.67. The third-order valence-electron chi connectivity index (χ3n) is 4.15. The summed E-state index contributed by atoms with van der Waals surface area (Å²) in [5.74, 6) is -0.766. The van der Waals surface area contributed by atoms with Gasteiger partial charge >= 0.3 is 0 Å². The molecule has 0 saturated carbocycles. The number of nitrogens with zero attached hydrogens (tertiary/aromatic N) is 3. The average molecular weight is 417 g/mol. The zero-order chi connectivity index (χ0) is 19.7. The van der Waals surface area contributed by atoms with Gasteiger partial charge in [0.05, 0.1) is 23.7 Å². The summed E-state index contributed by atoms with van der Waals surface area (Å²) in [6.45, 7) is 1.91. The van der Waals surface area contributed by atoms with E-state index in [4.69, 9.17) is 0 Å². The number of aryl methyl sites for hydroxylation is 1. The van der Waals surface area contributed by atoms with Gasteiger partial charge in [0.2, 0.25) is 15.0 Å². The fourth-order valence-corrected chi connectivity index (χ4v) is 4.79. The SMILES string of the molecule is Cc1nn2c(CNS(=O)(=O)Cc3cccc(F)c3)c(-c3ccccc3)nc2s1. The van der Waals surface area contributed by atoms with Crippen molar-refractivity contribution in [1.29, 1.82) is 0 Å². The van der Waals surface area contributed by atoms with E-state index < -0.39 is 15.8 Å². The number of hydrogen-bond donors (Lipinski definition) is 1. The molecule has 0 bridgehead atoms. The lowest BCUT2D eigenvalue weighted by Gasteiger charge is -2.08. The molecule has 9 heteroatoms. The molecule has 0 spiro atoms. The molecule has 0 saturated heterocycles. The Hall–Kier alpha value is -2.62. The zero-order valence-electron chi connectivity index (χ0n) is 15.0. The minimum atomic E-state index is -3.67. The molecule has 2 heterocycles. The molecule has 2 aromatic heterocycles. The van der Waals surface area contributed by atoms with Gasteiger partial charge in [-0.15, -0.1) is 0 Å². The summed E-state index contributed by atoms with van der Waals surface area (Å²) >= 11 is 1.44. The Morgan fingerprint density at radius 3 is 2.68 bits per heavy atom. The van der Waals surface area contributed by atoms with Crippen LogP contribution in [0.2, 0.25) is 0 Å². The molecule has 0 amide bonds.